The van der Waals surface area contributed by atoms with E-state index in [1.54, 1.807) is 0 Å². The lowest BCUT2D eigenvalue weighted by atomic mass is 9.81. The van der Waals surface area contributed by atoms with Gasteiger partial charge in [0.05, 0.1) is 11.8 Å². The number of carbonyl (C=O) groups is 1. The van der Waals surface area contributed by atoms with E-state index < -0.39 is 36.6 Å². The summed E-state index contributed by atoms with van der Waals surface area (Å²) in [6.07, 6.45) is -4.31. The van der Waals surface area contributed by atoms with Gasteiger partial charge in [0.15, 0.2) is 11.3 Å². The normalized spacial score (nSPS) is 25.5. The average molecular weight is 316 g/mol. The van der Waals surface area contributed by atoms with E-state index in [4.69, 9.17) is 5.26 Å². The lowest BCUT2D eigenvalue weighted by Gasteiger charge is -2.37. The molecule has 1 fully saturated rings. The number of hydrogen-bond donors (Lipinski definition) is 2. The van der Waals surface area contributed by atoms with Gasteiger partial charge in [-0.15, -0.1) is 0 Å². The molecule has 1 saturated carbocycles. The number of alkyl halides is 3. The highest BCUT2D eigenvalue weighted by atomic mass is 19.4. The van der Waals surface area contributed by atoms with E-state index in [2.05, 4.69) is 10.4 Å². The van der Waals surface area contributed by atoms with Crippen molar-refractivity contribution >= 4 is 5.91 Å². The van der Waals surface area contributed by atoms with Gasteiger partial charge in [-0.3, -0.25) is 9.48 Å². The molecule has 1 heterocycles. The molecule has 0 spiro atoms. The average Bonchev–Trinajstić information content (AvgIpc) is 2.81. The van der Waals surface area contributed by atoms with Crippen LogP contribution in [0.25, 0.3) is 0 Å². The molecule has 0 aromatic carbocycles. The summed E-state index contributed by atoms with van der Waals surface area (Å²) in [5.74, 6) is -0.549. The van der Waals surface area contributed by atoms with Crippen molar-refractivity contribution in [1.82, 2.24) is 15.1 Å². The third-order valence-electron chi connectivity index (χ3n) is 3.96. The molecule has 1 aromatic rings. The predicted molar refractivity (Wildman–Crippen MR) is 68.7 cm³/mol. The molecule has 1 aliphatic rings. The molecule has 2 rings (SSSR count). The van der Waals surface area contributed by atoms with Crippen LogP contribution in [0.1, 0.15) is 41.7 Å². The number of halogens is 3. The number of aryl methyl sites for hydroxylation is 1. The van der Waals surface area contributed by atoms with Gasteiger partial charge in [0.25, 0.3) is 5.91 Å². The predicted octanol–water partition coefficient (Wildman–Crippen LogP) is 1.26. The fraction of sp³-hybridized carbons (Fsp3) is 0.615. The maximum absolute atomic E-state index is 12.7. The number of amides is 1. The number of hydrogen-bond acceptors (Lipinski definition) is 4. The van der Waals surface area contributed by atoms with Gasteiger partial charge in [-0.1, -0.05) is 0 Å². The topological polar surface area (TPSA) is 90.9 Å². The Labute approximate surface area is 124 Å². The fourth-order valence-electron chi connectivity index (χ4n) is 2.52. The van der Waals surface area contributed by atoms with Crippen molar-refractivity contribution in [2.75, 3.05) is 0 Å². The molecule has 0 aliphatic heterocycles. The van der Waals surface area contributed by atoms with Crippen LogP contribution in [0, 0.1) is 11.3 Å². The van der Waals surface area contributed by atoms with Crippen molar-refractivity contribution in [3.63, 3.8) is 0 Å². The van der Waals surface area contributed by atoms with Crippen LogP contribution < -0.4 is 5.32 Å². The summed E-state index contributed by atoms with van der Waals surface area (Å²) in [6.45, 7) is 0. The van der Waals surface area contributed by atoms with Gasteiger partial charge in [-0.2, -0.15) is 23.5 Å². The first-order chi connectivity index (χ1) is 10.2. The molecular formula is C13H15F3N4O2. The molecule has 120 valence electrons. The Bertz CT molecular complexity index is 610. The molecule has 1 aromatic heterocycles. The first-order valence-corrected chi connectivity index (χ1v) is 6.70. The molecule has 0 bridgehead atoms. The summed E-state index contributed by atoms with van der Waals surface area (Å²) >= 11 is 0. The Morgan fingerprint density at radius 3 is 2.64 bits per heavy atom. The summed E-state index contributed by atoms with van der Waals surface area (Å²) in [4.78, 5) is 12.1. The Morgan fingerprint density at radius 2 is 2.14 bits per heavy atom. The van der Waals surface area contributed by atoms with Crippen molar-refractivity contribution in [1.29, 1.82) is 5.26 Å². The van der Waals surface area contributed by atoms with Crippen LogP contribution in [0.4, 0.5) is 13.2 Å². The highest BCUT2D eigenvalue weighted by Crippen LogP contribution is 2.41. The van der Waals surface area contributed by atoms with Crippen molar-refractivity contribution in [3.05, 3.63) is 17.5 Å². The minimum absolute atomic E-state index is 0.0178. The van der Waals surface area contributed by atoms with Crippen molar-refractivity contribution < 1.29 is 23.1 Å². The molecule has 1 aliphatic carbocycles. The van der Waals surface area contributed by atoms with Crippen LogP contribution in [0.2, 0.25) is 0 Å². The zero-order valence-corrected chi connectivity index (χ0v) is 11.8. The molecule has 1 amide bonds. The molecule has 0 radical (unpaired) electrons. The number of aromatic nitrogens is 2. The Kier molecular flexibility index (Phi) is 4.15. The van der Waals surface area contributed by atoms with E-state index >= 15 is 0 Å². The van der Waals surface area contributed by atoms with Gasteiger partial charge in [0.2, 0.25) is 0 Å². The lowest BCUT2D eigenvalue weighted by Crippen LogP contribution is -2.51. The SMILES string of the molecule is Cn1ncc(C(=O)NC2CCC(O)(C(F)(F)F)CC2)c1C#N. The minimum atomic E-state index is -4.67. The van der Waals surface area contributed by atoms with Crippen LogP contribution in [0.5, 0.6) is 0 Å². The Morgan fingerprint density at radius 1 is 1.55 bits per heavy atom. The van der Waals surface area contributed by atoms with Gasteiger partial charge in [-0.25, -0.2) is 0 Å². The molecule has 2 N–H and O–H groups in total. The number of nitrogens with zero attached hydrogens (tertiary/aromatic N) is 3. The highest BCUT2D eigenvalue weighted by molar-refractivity contribution is 5.96. The van der Waals surface area contributed by atoms with E-state index in [-0.39, 0.29) is 24.1 Å². The van der Waals surface area contributed by atoms with Gasteiger partial charge in [-0.05, 0) is 25.7 Å². The Balaban J connectivity index is 2.00. The van der Waals surface area contributed by atoms with Gasteiger partial charge in [0, 0.05) is 13.1 Å². The third kappa shape index (κ3) is 2.92. The zero-order valence-electron chi connectivity index (χ0n) is 11.8. The van der Waals surface area contributed by atoms with Gasteiger partial charge in [0.1, 0.15) is 6.07 Å². The van der Waals surface area contributed by atoms with E-state index in [0.717, 1.165) is 0 Å². The monoisotopic (exact) mass is 316 g/mol. The summed E-state index contributed by atoms with van der Waals surface area (Å²) in [6, 6.07) is 1.38. The number of rotatable bonds is 2. The molecular weight excluding hydrogens is 301 g/mol. The summed E-state index contributed by atoms with van der Waals surface area (Å²) < 4.78 is 39.3. The quantitative estimate of drug-likeness (QED) is 0.859. The van der Waals surface area contributed by atoms with E-state index in [9.17, 15) is 23.1 Å². The first-order valence-electron chi connectivity index (χ1n) is 6.70. The van der Waals surface area contributed by atoms with Crippen LogP contribution in [0.15, 0.2) is 6.20 Å². The third-order valence-corrected chi connectivity index (χ3v) is 3.96. The fourth-order valence-corrected chi connectivity index (χ4v) is 2.52. The molecule has 9 heteroatoms. The highest BCUT2D eigenvalue weighted by Gasteiger charge is 2.54. The maximum Gasteiger partial charge on any atom is 0.417 e. The molecule has 0 saturated heterocycles. The second-order valence-electron chi connectivity index (χ2n) is 5.42. The van der Waals surface area contributed by atoms with Gasteiger partial charge >= 0.3 is 6.18 Å². The van der Waals surface area contributed by atoms with Crippen LogP contribution >= 0.6 is 0 Å². The Hall–Kier alpha value is -2.08. The van der Waals surface area contributed by atoms with Crippen LogP contribution in [-0.2, 0) is 7.05 Å². The second-order valence-corrected chi connectivity index (χ2v) is 5.42. The maximum atomic E-state index is 12.7. The van der Waals surface area contributed by atoms with Crippen molar-refractivity contribution in [2.45, 2.75) is 43.5 Å². The van der Waals surface area contributed by atoms with Crippen LogP contribution in [-0.4, -0.2) is 38.6 Å². The molecule has 0 atom stereocenters. The van der Waals surface area contributed by atoms with E-state index in [1.165, 1.54) is 17.9 Å². The first kappa shape index (κ1) is 16.3. The van der Waals surface area contributed by atoms with E-state index in [0.29, 0.717) is 0 Å². The zero-order chi connectivity index (χ0) is 16.5. The minimum Gasteiger partial charge on any atom is -0.380 e. The lowest BCUT2D eigenvalue weighted by molar-refractivity contribution is -0.270. The van der Waals surface area contributed by atoms with Gasteiger partial charge < -0.3 is 10.4 Å². The molecule has 22 heavy (non-hydrogen) atoms. The standard InChI is InChI=1S/C13H15F3N4O2/c1-20-10(6-17)9(7-18-20)11(21)19-8-2-4-12(22,5-3-8)13(14,15)16/h7-8,22H,2-5H2,1H3,(H,19,21). The largest absolute Gasteiger partial charge is 0.417 e. The summed E-state index contributed by atoms with van der Waals surface area (Å²) in [7, 11) is 1.51. The molecule has 0 unspecified atom stereocenters. The van der Waals surface area contributed by atoms with Crippen molar-refractivity contribution in [2.24, 2.45) is 7.05 Å². The number of nitriles is 1. The number of aliphatic hydroxyl groups is 1. The number of nitrogens with one attached hydrogen (secondary N) is 1. The van der Waals surface area contributed by atoms with Crippen molar-refractivity contribution in [3.8, 4) is 6.07 Å². The summed E-state index contributed by atoms with van der Waals surface area (Å²) in [5.41, 5.74) is -2.51. The molecule has 6 nitrogen and oxygen atoms in total. The van der Waals surface area contributed by atoms with E-state index in [1.807, 2.05) is 6.07 Å². The van der Waals surface area contributed by atoms with Crippen LogP contribution in [0.3, 0.4) is 0 Å². The number of carbonyl (C=O) groups excluding carboxylic acids is 1. The second kappa shape index (κ2) is 5.61. The smallest absolute Gasteiger partial charge is 0.380 e. The summed E-state index contributed by atoms with van der Waals surface area (Å²) in [5, 5.41) is 24.9.